The number of hydrogen-bond donors (Lipinski definition) is 0. The summed E-state index contributed by atoms with van der Waals surface area (Å²) in [7, 11) is 0.253. The van der Waals surface area contributed by atoms with Gasteiger partial charge in [-0.1, -0.05) is 51.1 Å². The molecule has 0 aliphatic heterocycles. The first-order valence-corrected chi connectivity index (χ1v) is 12.1. The van der Waals surface area contributed by atoms with E-state index in [0.29, 0.717) is 5.56 Å². The van der Waals surface area contributed by atoms with Gasteiger partial charge in [0.1, 0.15) is 11.9 Å². The first-order valence-electron chi connectivity index (χ1n) is 9.61. The molecule has 0 aliphatic carbocycles. The van der Waals surface area contributed by atoms with Gasteiger partial charge in [0.15, 0.2) is 14.2 Å². The molecule has 1 unspecified atom stereocenters. The van der Waals surface area contributed by atoms with Crippen LogP contribution in [-0.2, 0) is 23.5 Å². The number of carbonyl (C=O) groups excluding carboxylic acids is 2. The zero-order valence-corrected chi connectivity index (χ0v) is 18.4. The van der Waals surface area contributed by atoms with E-state index in [2.05, 4.69) is 30.2 Å². The lowest BCUT2D eigenvalue weighted by Gasteiger charge is -2.33. The van der Waals surface area contributed by atoms with Crippen molar-refractivity contribution in [3.63, 3.8) is 0 Å². The Morgan fingerprint density at radius 3 is 1.93 bits per heavy atom. The van der Waals surface area contributed by atoms with Crippen LogP contribution in [0.2, 0.25) is 18.1 Å². The fourth-order valence-electron chi connectivity index (χ4n) is 3.07. The molecule has 0 heterocycles. The van der Waals surface area contributed by atoms with Crippen molar-refractivity contribution in [2.24, 2.45) is 5.92 Å². The van der Waals surface area contributed by atoms with Crippen LogP contribution in [0.5, 0.6) is 0 Å². The minimum absolute atomic E-state index is 0.156. The van der Waals surface area contributed by atoms with E-state index in [9.17, 15) is 9.59 Å². The highest BCUT2D eigenvalue weighted by molar-refractivity contribution is 6.73. The monoisotopic (exact) mass is 410 g/mol. The van der Waals surface area contributed by atoms with E-state index < -0.39 is 38.1 Å². The number of rotatable bonds is 11. The lowest BCUT2D eigenvalue weighted by Crippen LogP contribution is -2.37. The van der Waals surface area contributed by atoms with Crippen LogP contribution < -0.4 is 0 Å². The van der Waals surface area contributed by atoms with E-state index in [1.54, 1.807) is 0 Å². The highest BCUT2D eigenvalue weighted by atomic mass is 28.4. The largest absolute Gasteiger partial charge is 0.468 e. The zero-order valence-electron chi connectivity index (χ0n) is 17.4. The van der Waals surface area contributed by atoms with Crippen molar-refractivity contribution in [2.75, 3.05) is 14.2 Å². The quantitative estimate of drug-likeness (QED) is 0.293. The van der Waals surface area contributed by atoms with Crippen LogP contribution >= 0.6 is 0 Å². The van der Waals surface area contributed by atoms with Gasteiger partial charge in [0.2, 0.25) is 0 Å². The topological polar surface area (TPSA) is 61.8 Å². The molecule has 0 spiro atoms. The van der Waals surface area contributed by atoms with E-state index in [-0.39, 0.29) is 6.42 Å². The van der Waals surface area contributed by atoms with E-state index in [1.165, 1.54) is 20.3 Å². The average Bonchev–Trinajstić information content (AvgIpc) is 2.75. The lowest BCUT2D eigenvalue weighted by molar-refractivity contribution is -0.158. The number of allylic oxidation sites excluding steroid dienone is 1. The highest BCUT2D eigenvalue weighted by Crippen LogP contribution is 2.35. The Labute approximate surface area is 168 Å². The second-order valence-electron chi connectivity index (χ2n) is 6.58. The van der Waals surface area contributed by atoms with E-state index in [0.717, 1.165) is 18.1 Å². The third-order valence-electron chi connectivity index (χ3n) is 5.17. The van der Waals surface area contributed by atoms with Crippen LogP contribution in [-0.4, -0.2) is 34.5 Å². The summed E-state index contributed by atoms with van der Waals surface area (Å²) in [6.07, 6.45) is 0.219. The lowest BCUT2D eigenvalue weighted by atomic mass is 10.0. The molecule has 156 valence electrons. The van der Waals surface area contributed by atoms with E-state index in [4.69, 9.17) is 4.43 Å². The molecule has 0 N–H and O–H groups in total. The number of carbonyl (C=O) groups is 2. The van der Waals surface area contributed by atoms with Gasteiger partial charge in [-0.15, -0.1) is 0 Å². The molecular formula is C21H31FO5Si. The molecule has 0 radical (unpaired) electrons. The molecule has 0 aliphatic rings. The SMILES string of the molecule is CC[Si](CC)(CC)OC(/C(F)=C/CC(C(=O)OC)C(=O)OC)c1ccccc1. The normalized spacial score (nSPS) is 13.3. The average molecular weight is 411 g/mol. The second kappa shape index (κ2) is 11.8. The van der Waals surface area contributed by atoms with Gasteiger partial charge in [-0.25, -0.2) is 4.39 Å². The molecule has 5 nitrogen and oxygen atoms in total. The Kier molecular flexibility index (Phi) is 10.1. The predicted molar refractivity (Wildman–Crippen MR) is 109 cm³/mol. The minimum atomic E-state index is -2.10. The summed E-state index contributed by atoms with van der Waals surface area (Å²) in [4.78, 5) is 23.7. The van der Waals surface area contributed by atoms with Crippen LogP contribution in [0.1, 0.15) is 38.9 Å². The molecule has 0 aromatic heterocycles. The summed E-state index contributed by atoms with van der Waals surface area (Å²) in [5, 5.41) is 0. The van der Waals surface area contributed by atoms with Gasteiger partial charge in [0, 0.05) is 0 Å². The van der Waals surface area contributed by atoms with Gasteiger partial charge in [-0.2, -0.15) is 0 Å². The Bertz CT molecular complexity index is 634. The molecule has 1 aromatic rings. The molecule has 0 bridgehead atoms. The van der Waals surface area contributed by atoms with Gasteiger partial charge in [0.05, 0.1) is 14.2 Å². The standard InChI is InChI=1S/C21H31FO5Si/c1-6-28(7-2,8-3)27-19(16-12-10-9-11-13-16)18(22)15-14-17(20(23)25-4)21(24)26-5/h9-13,15,17,19H,6-8,14H2,1-5H3/b18-15-. The molecule has 0 amide bonds. The van der Waals surface area contributed by atoms with Gasteiger partial charge >= 0.3 is 11.9 Å². The number of ether oxygens (including phenoxy) is 2. The molecule has 7 heteroatoms. The van der Waals surface area contributed by atoms with Gasteiger partial charge < -0.3 is 13.9 Å². The Balaban J connectivity index is 3.20. The van der Waals surface area contributed by atoms with Gasteiger partial charge in [-0.3, -0.25) is 9.59 Å². The second-order valence-corrected chi connectivity index (χ2v) is 11.3. The van der Waals surface area contributed by atoms with Gasteiger partial charge in [-0.05, 0) is 36.2 Å². The number of halogens is 1. The molecular weight excluding hydrogens is 379 g/mol. The van der Waals surface area contributed by atoms with Crippen LogP contribution in [0.4, 0.5) is 4.39 Å². The summed E-state index contributed by atoms with van der Waals surface area (Å²) < 4.78 is 30.9. The molecule has 0 saturated carbocycles. The minimum Gasteiger partial charge on any atom is -0.468 e. The third-order valence-corrected chi connectivity index (χ3v) is 9.78. The van der Waals surface area contributed by atoms with Crippen LogP contribution in [0.25, 0.3) is 0 Å². The van der Waals surface area contributed by atoms with Crippen molar-refractivity contribution in [3.8, 4) is 0 Å². The van der Waals surface area contributed by atoms with Crippen LogP contribution in [0.15, 0.2) is 42.2 Å². The fraction of sp³-hybridized carbons (Fsp3) is 0.524. The summed E-state index contributed by atoms with van der Waals surface area (Å²) in [6.45, 7) is 6.23. The van der Waals surface area contributed by atoms with Crippen LogP contribution in [0, 0.1) is 5.92 Å². The Morgan fingerprint density at radius 1 is 1.00 bits per heavy atom. The Morgan fingerprint density at radius 2 is 1.50 bits per heavy atom. The van der Waals surface area contributed by atoms with Crippen molar-refractivity contribution >= 4 is 20.3 Å². The maximum absolute atomic E-state index is 15.2. The van der Waals surface area contributed by atoms with Crippen molar-refractivity contribution < 1.29 is 27.9 Å². The number of benzene rings is 1. The first-order chi connectivity index (χ1) is 13.4. The zero-order chi connectivity index (χ0) is 21.2. The number of methoxy groups -OCH3 is 2. The van der Waals surface area contributed by atoms with E-state index >= 15 is 4.39 Å². The van der Waals surface area contributed by atoms with Crippen molar-refractivity contribution in [3.05, 3.63) is 47.8 Å². The fourth-order valence-corrected chi connectivity index (χ4v) is 5.82. The number of hydrogen-bond acceptors (Lipinski definition) is 5. The summed E-state index contributed by atoms with van der Waals surface area (Å²) in [5.74, 6) is -3.24. The maximum Gasteiger partial charge on any atom is 0.320 e. The molecule has 1 atom stereocenters. The smallest absolute Gasteiger partial charge is 0.320 e. The Hall–Kier alpha value is -1.99. The summed E-state index contributed by atoms with van der Waals surface area (Å²) >= 11 is 0. The third kappa shape index (κ3) is 6.27. The van der Waals surface area contributed by atoms with Gasteiger partial charge in [0.25, 0.3) is 0 Å². The summed E-state index contributed by atoms with van der Waals surface area (Å²) in [6, 6.07) is 11.8. The highest BCUT2D eigenvalue weighted by Gasteiger charge is 2.35. The first kappa shape index (κ1) is 24.0. The number of esters is 2. The molecule has 0 saturated heterocycles. The molecule has 28 heavy (non-hydrogen) atoms. The summed E-state index contributed by atoms with van der Waals surface area (Å²) in [5.41, 5.74) is 0.705. The van der Waals surface area contributed by atoms with Crippen molar-refractivity contribution in [1.82, 2.24) is 0 Å². The molecule has 1 rings (SSSR count). The molecule has 1 aromatic carbocycles. The molecule has 0 fully saturated rings. The maximum atomic E-state index is 15.2. The van der Waals surface area contributed by atoms with E-state index in [1.807, 2.05) is 30.3 Å². The van der Waals surface area contributed by atoms with Crippen LogP contribution in [0.3, 0.4) is 0 Å². The predicted octanol–water partition coefficient (Wildman–Crippen LogP) is 4.96. The van der Waals surface area contributed by atoms with Crippen molar-refractivity contribution in [1.29, 1.82) is 0 Å². The van der Waals surface area contributed by atoms with Crippen molar-refractivity contribution in [2.45, 2.75) is 51.4 Å².